The maximum absolute atomic E-state index is 12.6. The summed E-state index contributed by atoms with van der Waals surface area (Å²) >= 11 is 0. The molecule has 0 aromatic heterocycles. The van der Waals surface area contributed by atoms with E-state index >= 15 is 0 Å². The molecule has 3 rings (SSSR count). The van der Waals surface area contributed by atoms with Crippen molar-refractivity contribution in [3.8, 4) is 11.8 Å². The first-order valence-corrected chi connectivity index (χ1v) is 9.47. The summed E-state index contributed by atoms with van der Waals surface area (Å²) in [6, 6.07) is 16.6. The number of rotatable bonds is 7. The van der Waals surface area contributed by atoms with Gasteiger partial charge in [-0.05, 0) is 31.2 Å². The molecule has 0 spiro atoms. The molecule has 1 unspecified atom stereocenters. The summed E-state index contributed by atoms with van der Waals surface area (Å²) < 4.78 is 11.2. The molecule has 6 nitrogen and oxygen atoms in total. The van der Waals surface area contributed by atoms with Gasteiger partial charge in [-0.2, -0.15) is 5.26 Å². The summed E-state index contributed by atoms with van der Waals surface area (Å²) in [5, 5.41) is 12.2. The molecule has 0 bridgehead atoms. The number of carbonyl (C=O) groups excluding carboxylic acids is 1. The lowest BCUT2D eigenvalue weighted by Crippen LogP contribution is -2.46. The van der Waals surface area contributed by atoms with Gasteiger partial charge in [-0.3, -0.25) is 9.69 Å². The van der Waals surface area contributed by atoms with Crippen LogP contribution in [-0.2, 0) is 11.3 Å². The number of nitriles is 1. The molecule has 1 aliphatic rings. The minimum atomic E-state index is -0.122. The van der Waals surface area contributed by atoms with Gasteiger partial charge < -0.3 is 14.8 Å². The first kappa shape index (κ1) is 19.9. The fraction of sp³-hybridized carbons (Fsp3) is 0.364. The van der Waals surface area contributed by atoms with Gasteiger partial charge in [-0.25, -0.2) is 0 Å². The summed E-state index contributed by atoms with van der Waals surface area (Å²) in [6.45, 7) is 6.37. The second-order valence-electron chi connectivity index (χ2n) is 6.87. The average molecular weight is 379 g/mol. The molecule has 0 radical (unpaired) electrons. The van der Waals surface area contributed by atoms with Gasteiger partial charge in [0.2, 0.25) is 0 Å². The highest BCUT2D eigenvalue weighted by Crippen LogP contribution is 2.17. The minimum Gasteiger partial charge on any atom is -0.489 e. The van der Waals surface area contributed by atoms with E-state index in [0.29, 0.717) is 16.9 Å². The predicted octanol–water partition coefficient (Wildman–Crippen LogP) is 2.59. The van der Waals surface area contributed by atoms with Crippen LogP contribution in [0.5, 0.6) is 5.75 Å². The summed E-state index contributed by atoms with van der Waals surface area (Å²) in [6.07, 6.45) is 0. The zero-order valence-electron chi connectivity index (χ0n) is 16.1. The quantitative estimate of drug-likeness (QED) is 0.800. The van der Waals surface area contributed by atoms with E-state index in [1.807, 2.05) is 31.2 Å². The molecule has 1 atom stereocenters. The van der Waals surface area contributed by atoms with Crippen LogP contribution in [0.1, 0.15) is 28.4 Å². The third-order valence-electron chi connectivity index (χ3n) is 4.64. The lowest BCUT2D eigenvalue weighted by Gasteiger charge is -2.29. The summed E-state index contributed by atoms with van der Waals surface area (Å²) in [4.78, 5) is 14.9. The topological polar surface area (TPSA) is 74.6 Å². The summed E-state index contributed by atoms with van der Waals surface area (Å²) in [5.41, 5.74) is 1.97. The first-order valence-electron chi connectivity index (χ1n) is 9.47. The van der Waals surface area contributed by atoms with Crippen LogP contribution in [-0.4, -0.2) is 49.7 Å². The first-order chi connectivity index (χ1) is 13.7. The van der Waals surface area contributed by atoms with Crippen LogP contribution in [0.4, 0.5) is 0 Å². The molecule has 0 aliphatic carbocycles. The smallest absolute Gasteiger partial charge is 0.251 e. The van der Waals surface area contributed by atoms with Gasteiger partial charge in [0.05, 0.1) is 24.8 Å². The van der Waals surface area contributed by atoms with Crippen LogP contribution in [0, 0.1) is 11.3 Å². The Bertz CT molecular complexity index is 841. The Morgan fingerprint density at radius 1 is 1.25 bits per heavy atom. The molecule has 1 N–H and O–H groups in total. The number of benzene rings is 2. The molecule has 6 heteroatoms. The molecule has 1 aliphatic heterocycles. The highest BCUT2D eigenvalue weighted by molar-refractivity contribution is 5.94. The third kappa shape index (κ3) is 5.56. The van der Waals surface area contributed by atoms with Crippen LogP contribution in [0.3, 0.4) is 0 Å². The molecule has 1 heterocycles. The second kappa shape index (κ2) is 9.88. The number of amides is 1. The normalized spacial score (nSPS) is 15.4. The molecule has 1 saturated heterocycles. The number of ether oxygens (including phenoxy) is 2. The third-order valence-corrected chi connectivity index (χ3v) is 4.64. The zero-order chi connectivity index (χ0) is 19.8. The van der Waals surface area contributed by atoms with Gasteiger partial charge in [-0.1, -0.05) is 24.3 Å². The number of nitrogens with zero attached hydrogens (tertiary/aromatic N) is 2. The van der Waals surface area contributed by atoms with Crippen molar-refractivity contribution in [3.63, 3.8) is 0 Å². The fourth-order valence-corrected chi connectivity index (χ4v) is 3.17. The van der Waals surface area contributed by atoms with Gasteiger partial charge in [0.1, 0.15) is 12.4 Å². The van der Waals surface area contributed by atoms with Crippen molar-refractivity contribution < 1.29 is 14.3 Å². The van der Waals surface area contributed by atoms with Gasteiger partial charge >= 0.3 is 0 Å². The molecule has 28 heavy (non-hydrogen) atoms. The molecular formula is C22H25N3O3. The Balaban J connectivity index is 1.56. The molecular weight excluding hydrogens is 354 g/mol. The van der Waals surface area contributed by atoms with E-state index in [2.05, 4.69) is 16.3 Å². The van der Waals surface area contributed by atoms with E-state index < -0.39 is 0 Å². The monoisotopic (exact) mass is 379 g/mol. The van der Waals surface area contributed by atoms with Crippen LogP contribution in [0.2, 0.25) is 0 Å². The van der Waals surface area contributed by atoms with Gasteiger partial charge in [-0.15, -0.1) is 0 Å². The molecule has 0 saturated carbocycles. The van der Waals surface area contributed by atoms with E-state index in [9.17, 15) is 4.79 Å². The zero-order valence-corrected chi connectivity index (χ0v) is 16.1. The standard InChI is InChI=1S/C22H25N3O3/c1-17(15-25-9-11-27-12-10-25)24-22(26)18-7-4-8-21(13-18)28-16-20-6-3-2-5-19(20)14-23/h2-8,13,17H,9-12,15-16H2,1H3,(H,24,26). The van der Waals surface area contributed by atoms with Crippen molar-refractivity contribution in [2.24, 2.45) is 0 Å². The number of nitrogens with one attached hydrogen (secondary N) is 1. The molecule has 146 valence electrons. The molecule has 1 amide bonds. The molecule has 2 aromatic rings. The van der Waals surface area contributed by atoms with E-state index in [0.717, 1.165) is 38.4 Å². The Labute approximate surface area is 165 Å². The summed E-state index contributed by atoms with van der Waals surface area (Å²) in [5.74, 6) is 0.477. The molecule has 2 aromatic carbocycles. The van der Waals surface area contributed by atoms with Crippen LogP contribution < -0.4 is 10.1 Å². The van der Waals surface area contributed by atoms with Gasteiger partial charge in [0.15, 0.2) is 0 Å². The fourth-order valence-electron chi connectivity index (χ4n) is 3.17. The van der Waals surface area contributed by atoms with Crippen molar-refractivity contribution in [2.45, 2.75) is 19.6 Å². The van der Waals surface area contributed by atoms with Crippen molar-refractivity contribution in [1.29, 1.82) is 5.26 Å². The Morgan fingerprint density at radius 3 is 2.82 bits per heavy atom. The Kier molecular flexibility index (Phi) is 7.01. The number of morpholine rings is 1. The van der Waals surface area contributed by atoms with Gasteiger partial charge in [0, 0.05) is 36.8 Å². The number of hydrogen-bond acceptors (Lipinski definition) is 5. The van der Waals surface area contributed by atoms with Crippen molar-refractivity contribution in [1.82, 2.24) is 10.2 Å². The minimum absolute atomic E-state index is 0.0395. The lowest BCUT2D eigenvalue weighted by atomic mass is 10.1. The van der Waals surface area contributed by atoms with Gasteiger partial charge in [0.25, 0.3) is 5.91 Å². The second-order valence-corrected chi connectivity index (χ2v) is 6.87. The summed E-state index contributed by atoms with van der Waals surface area (Å²) in [7, 11) is 0. The van der Waals surface area contributed by atoms with E-state index in [-0.39, 0.29) is 18.6 Å². The number of carbonyl (C=O) groups is 1. The van der Waals surface area contributed by atoms with E-state index in [1.165, 1.54) is 0 Å². The maximum atomic E-state index is 12.6. The highest BCUT2D eigenvalue weighted by atomic mass is 16.5. The Morgan fingerprint density at radius 2 is 2.04 bits per heavy atom. The van der Waals surface area contributed by atoms with Crippen LogP contribution in [0.15, 0.2) is 48.5 Å². The Hall–Kier alpha value is -2.88. The van der Waals surface area contributed by atoms with Crippen molar-refractivity contribution in [2.75, 3.05) is 32.8 Å². The largest absolute Gasteiger partial charge is 0.489 e. The molecule has 1 fully saturated rings. The van der Waals surface area contributed by atoms with Crippen LogP contribution in [0.25, 0.3) is 0 Å². The van der Waals surface area contributed by atoms with E-state index in [1.54, 1.807) is 24.3 Å². The van der Waals surface area contributed by atoms with Crippen LogP contribution >= 0.6 is 0 Å². The predicted molar refractivity (Wildman–Crippen MR) is 106 cm³/mol. The number of hydrogen-bond donors (Lipinski definition) is 1. The average Bonchev–Trinajstić information content (AvgIpc) is 2.73. The van der Waals surface area contributed by atoms with E-state index in [4.69, 9.17) is 14.7 Å². The maximum Gasteiger partial charge on any atom is 0.251 e. The van der Waals surface area contributed by atoms with Crippen molar-refractivity contribution >= 4 is 5.91 Å². The lowest BCUT2D eigenvalue weighted by molar-refractivity contribution is 0.0342. The van der Waals surface area contributed by atoms with Crippen molar-refractivity contribution in [3.05, 3.63) is 65.2 Å². The highest BCUT2D eigenvalue weighted by Gasteiger charge is 2.16. The SMILES string of the molecule is CC(CN1CCOCC1)NC(=O)c1cccc(OCc2ccccc2C#N)c1.